The molecule has 0 aliphatic carbocycles. The zero-order valence-corrected chi connectivity index (χ0v) is 14.2. The van der Waals surface area contributed by atoms with Crippen LogP contribution in [0.15, 0.2) is 61.1 Å². The largest absolute Gasteiger partial charge is 0.378 e. The van der Waals surface area contributed by atoms with Gasteiger partial charge in [0.25, 0.3) is 5.91 Å². The molecule has 0 radical (unpaired) electrons. The predicted octanol–water partition coefficient (Wildman–Crippen LogP) is 2.36. The van der Waals surface area contributed by atoms with E-state index in [-0.39, 0.29) is 5.91 Å². The summed E-state index contributed by atoms with van der Waals surface area (Å²) in [5.41, 5.74) is 2.95. The molecule has 7 heteroatoms. The SMILES string of the molecule is O=C(Nc1cccc(N2CCOCC2)c1)c1cc(-n2cccn2)ccn1. The van der Waals surface area contributed by atoms with E-state index in [0.29, 0.717) is 5.69 Å². The van der Waals surface area contributed by atoms with Crippen molar-refractivity contribution in [3.63, 3.8) is 0 Å². The van der Waals surface area contributed by atoms with E-state index in [0.717, 1.165) is 43.4 Å². The molecule has 2 aromatic heterocycles. The number of hydrogen-bond donors (Lipinski definition) is 1. The molecule has 1 amide bonds. The number of morpholine rings is 1. The number of carbonyl (C=O) groups excluding carboxylic acids is 1. The van der Waals surface area contributed by atoms with Crippen LogP contribution in [0, 0.1) is 0 Å². The van der Waals surface area contributed by atoms with Crippen LogP contribution in [-0.4, -0.2) is 47.0 Å². The predicted molar refractivity (Wildman–Crippen MR) is 98.8 cm³/mol. The molecule has 4 rings (SSSR count). The van der Waals surface area contributed by atoms with Gasteiger partial charge in [-0.1, -0.05) is 6.07 Å². The van der Waals surface area contributed by atoms with E-state index in [1.807, 2.05) is 42.6 Å². The number of rotatable bonds is 4. The number of aromatic nitrogens is 3. The van der Waals surface area contributed by atoms with E-state index in [9.17, 15) is 4.79 Å². The zero-order valence-electron chi connectivity index (χ0n) is 14.2. The molecule has 3 heterocycles. The molecular weight excluding hydrogens is 330 g/mol. The van der Waals surface area contributed by atoms with Crippen molar-refractivity contribution in [2.75, 3.05) is 36.5 Å². The van der Waals surface area contributed by atoms with E-state index in [1.54, 1.807) is 23.1 Å². The van der Waals surface area contributed by atoms with E-state index >= 15 is 0 Å². The van der Waals surface area contributed by atoms with Gasteiger partial charge in [0.2, 0.25) is 0 Å². The quantitative estimate of drug-likeness (QED) is 0.783. The molecule has 0 bridgehead atoms. The number of amides is 1. The van der Waals surface area contributed by atoms with Crippen LogP contribution in [0.2, 0.25) is 0 Å². The van der Waals surface area contributed by atoms with Crippen LogP contribution in [-0.2, 0) is 4.74 Å². The number of benzene rings is 1. The first-order chi connectivity index (χ1) is 12.8. The molecule has 1 N–H and O–H groups in total. The molecule has 1 saturated heterocycles. The Morgan fingerprint density at radius 3 is 2.73 bits per heavy atom. The molecule has 3 aromatic rings. The average molecular weight is 349 g/mol. The van der Waals surface area contributed by atoms with Crippen molar-refractivity contribution in [1.29, 1.82) is 0 Å². The van der Waals surface area contributed by atoms with Crippen LogP contribution >= 0.6 is 0 Å². The molecule has 1 aliphatic rings. The Morgan fingerprint density at radius 2 is 1.92 bits per heavy atom. The van der Waals surface area contributed by atoms with Gasteiger partial charge in [0.1, 0.15) is 5.69 Å². The lowest BCUT2D eigenvalue weighted by Crippen LogP contribution is -2.36. The first-order valence-corrected chi connectivity index (χ1v) is 8.50. The highest BCUT2D eigenvalue weighted by atomic mass is 16.5. The zero-order chi connectivity index (χ0) is 17.8. The fraction of sp³-hybridized carbons (Fsp3) is 0.211. The highest BCUT2D eigenvalue weighted by Gasteiger charge is 2.13. The maximum atomic E-state index is 12.6. The standard InChI is InChI=1S/C19H19N5O2/c25-19(18-14-17(5-7-20-18)24-8-2-6-21-24)22-15-3-1-4-16(13-15)23-9-11-26-12-10-23/h1-8,13-14H,9-12H2,(H,22,25). The molecule has 0 spiro atoms. The number of carbonyl (C=O) groups is 1. The molecule has 1 fully saturated rings. The van der Waals surface area contributed by atoms with E-state index in [4.69, 9.17) is 4.74 Å². The number of ether oxygens (including phenoxy) is 1. The van der Waals surface area contributed by atoms with Crippen LogP contribution in [0.1, 0.15) is 10.5 Å². The van der Waals surface area contributed by atoms with Crippen molar-refractivity contribution in [2.24, 2.45) is 0 Å². The maximum absolute atomic E-state index is 12.6. The summed E-state index contributed by atoms with van der Waals surface area (Å²) in [4.78, 5) is 19.0. The molecule has 0 saturated carbocycles. The van der Waals surface area contributed by atoms with Gasteiger partial charge in [-0.25, -0.2) is 4.68 Å². The molecule has 1 aromatic carbocycles. The number of pyridine rings is 1. The number of hydrogen-bond acceptors (Lipinski definition) is 5. The van der Waals surface area contributed by atoms with Gasteiger partial charge in [-0.2, -0.15) is 5.10 Å². The number of anilines is 2. The molecule has 132 valence electrons. The van der Waals surface area contributed by atoms with E-state index in [2.05, 4.69) is 20.3 Å². The van der Waals surface area contributed by atoms with Crippen LogP contribution in [0.25, 0.3) is 5.69 Å². The smallest absolute Gasteiger partial charge is 0.274 e. The Kier molecular flexibility index (Phi) is 4.61. The van der Waals surface area contributed by atoms with Crippen molar-refractivity contribution < 1.29 is 9.53 Å². The fourth-order valence-electron chi connectivity index (χ4n) is 2.90. The van der Waals surface area contributed by atoms with Crippen LogP contribution in [0.3, 0.4) is 0 Å². The lowest BCUT2D eigenvalue weighted by molar-refractivity contribution is 0.102. The van der Waals surface area contributed by atoms with Crippen molar-refractivity contribution in [3.8, 4) is 5.69 Å². The molecule has 0 atom stereocenters. The van der Waals surface area contributed by atoms with Gasteiger partial charge in [0.15, 0.2) is 0 Å². The van der Waals surface area contributed by atoms with Gasteiger partial charge < -0.3 is 15.0 Å². The minimum absolute atomic E-state index is 0.252. The lowest BCUT2D eigenvalue weighted by Gasteiger charge is -2.29. The van der Waals surface area contributed by atoms with Gasteiger partial charge >= 0.3 is 0 Å². The minimum Gasteiger partial charge on any atom is -0.378 e. The average Bonchev–Trinajstić information content (AvgIpc) is 3.24. The first-order valence-electron chi connectivity index (χ1n) is 8.50. The van der Waals surface area contributed by atoms with E-state index < -0.39 is 0 Å². The van der Waals surface area contributed by atoms with Crippen LogP contribution in [0.5, 0.6) is 0 Å². The highest BCUT2D eigenvalue weighted by Crippen LogP contribution is 2.21. The summed E-state index contributed by atoms with van der Waals surface area (Å²) in [6.07, 6.45) is 5.12. The summed E-state index contributed by atoms with van der Waals surface area (Å²) in [5, 5.41) is 7.10. The summed E-state index contributed by atoms with van der Waals surface area (Å²) >= 11 is 0. The summed E-state index contributed by atoms with van der Waals surface area (Å²) in [6, 6.07) is 13.2. The second-order valence-electron chi connectivity index (χ2n) is 5.95. The molecule has 7 nitrogen and oxygen atoms in total. The summed E-state index contributed by atoms with van der Waals surface area (Å²) in [5.74, 6) is -0.252. The van der Waals surface area contributed by atoms with Gasteiger partial charge in [0, 0.05) is 43.1 Å². The maximum Gasteiger partial charge on any atom is 0.274 e. The Morgan fingerprint density at radius 1 is 1.04 bits per heavy atom. The Bertz CT molecular complexity index is 888. The van der Waals surface area contributed by atoms with E-state index in [1.165, 1.54) is 0 Å². The monoisotopic (exact) mass is 349 g/mol. The third kappa shape index (κ3) is 3.57. The third-order valence-electron chi connectivity index (χ3n) is 4.23. The fourth-order valence-corrected chi connectivity index (χ4v) is 2.90. The Labute approximate surface area is 151 Å². The van der Waals surface area contributed by atoms with Crippen molar-refractivity contribution in [2.45, 2.75) is 0 Å². The van der Waals surface area contributed by atoms with Gasteiger partial charge in [0.05, 0.1) is 18.9 Å². The Balaban J connectivity index is 1.50. The highest BCUT2D eigenvalue weighted by molar-refractivity contribution is 6.03. The van der Waals surface area contributed by atoms with Crippen molar-refractivity contribution in [3.05, 3.63) is 66.7 Å². The van der Waals surface area contributed by atoms with Gasteiger partial charge in [-0.3, -0.25) is 9.78 Å². The third-order valence-corrected chi connectivity index (χ3v) is 4.23. The number of nitrogens with one attached hydrogen (secondary N) is 1. The summed E-state index contributed by atoms with van der Waals surface area (Å²) in [7, 11) is 0. The second-order valence-corrected chi connectivity index (χ2v) is 5.95. The second kappa shape index (κ2) is 7.37. The summed E-state index contributed by atoms with van der Waals surface area (Å²) in [6.45, 7) is 3.15. The van der Waals surface area contributed by atoms with Crippen LogP contribution in [0.4, 0.5) is 11.4 Å². The summed E-state index contributed by atoms with van der Waals surface area (Å²) < 4.78 is 7.08. The van der Waals surface area contributed by atoms with Gasteiger partial charge in [-0.05, 0) is 36.4 Å². The molecular formula is C19H19N5O2. The molecule has 26 heavy (non-hydrogen) atoms. The Hall–Kier alpha value is -3.19. The van der Waals surface area contributed by atoms with Gasteiger partial charge in [-0.15, -0.1) is 0 Å². The normalized spacial score (nSPS) is 14.2. The molecule has 0 unspecified atom stereocenters. The first kappa shape index (κ1) is 16.3. The molecule has 1 aliphatic heterocycles. The lowest BCUT2D eigenvalue weighted by atomic mass is 10.2. The van der Waals surface area contributed by atoms with Crippen molar-refractivity contribution in [1.82, 2.24) is 14.8 Å². The minimum atomic E-state index is -0.252. The number of nitrogens with zero attached hydrogens (tertiary/aromatic N) is 4. The topological polar surface area (TPSA) is 72.3 Å². The van der Waals surface area contributed by atoms with Crippen molar-refractivity contribution >= 4 is 17.3 Å². The van der Waals surface area contributed by atoms with Crippen LogP contribution < -0.4 is 10.2 Å².